The van der Waals surface area contributed by atoms with Crippen LogP contribution in [0.2, 0.25) is 0 Å². The molecule has 5 nitrogen and oxygen atoms in total. The standard InChI is InChI=1S/C23H26FN5/c24-20-10-4-5-11-21(20)28-15-17-29(18-16-28)23-26-14-12-22(27-23)25-13-6-9-19-7-2-1-3-8-19/h1-5,7-8,10-12,14H,6,9,13,15-18H2,(H,25,26,27). The first-order valence-corrected chi connectivity index (χ1v) is 10.1. The minimum atomic E-state index is -0.168. The van der Waals surface area contributed by atoms with Gasteiger partial charge >= 0.3 is 0 Å². The van der Waals surface area contributed by atoms with Crippen LogP contribution in [0.5, 0.6) is 0 Å². The number of hydrogen-bond acceptors (Lipinski definition) is 5. The maximum atomic E-state index is 14.0. The molecule has 1 saturated heterocycles. The fraction of sp³-hybridized carbons (Fsp3) is 0.304. The monoisotopic (exact) mass is 391 g/mol. The summed E-state index contributed by atoms with van der Waals surface area (Å²) < 4.78 is 14.0. The second-order valence-corrected chi connectivity index (χ2v) is 7.18. The average molecular weight is 391 g/mol. The Labute approximate surface area is 171 Å². The Morgan fingerprint density at radius 2 is 1.59 bits per heavy atom. The highest BCUT2D eigenvalue weighted by Crippen LogP contribution is 2.21. The smallest absolute Gasteiger partial charge is 0.227 e. The normalized spacial score (nSPS) is 14.1. The van der Waals surface area contributed by atoms with Crippen LogP contribution in [-0.4, -0.2) is 42.7 Å². The van der Waals surface area contributed by atoms with Crippen LogP contribution in [0.25, 0.3) is 0 Å². The van der Waals surface area contributed by atoms with Crippen molar-refractivity contribution in [2.75, 3.05) is 47.8 Å². The molecule has 6 heteroatoms. The zero-order valence-electron chi connectivity index (χ0n) is 16.5. The van der Waals surface area contributed by atoms with Gasteiger partial charge in [0, 0.05) is 38.9 Å². The van der Waals surface area contributed by atoms with Crippen molar-refractivity contribution in [3.8, 4) is 0 Å². The molecule has 0 radical (unpaired) electrons. The van der Waals surface area contributed by atoms with Gasteiger partial charge in [-0.1, -0.05) is 42.5 Å². The summed E-state index contributed by atoms with van der Waals surface area (Å²) in [5.41, 5.74) is 2.02. The lowest BCUT2D eigenvalue weighted by molar-refractivity contribution is 0.594. The fourth-order valence-corrected chi connectivity index (χ4v) is 3.61. The van der Waals surface area contributed by atoms with Crippen LogP contribution in [0.1, 0.15) is 12.0 Å². The summed E-state index contributed by atoms with van der Waals surface area (Å²) in [7, 11) is 0. The summed E-state index contributed by atoms with van der Waals surface area (Å²) >= 11 is 0. The van der Waals surface area contributed by atoms with Gasteiger partial charge in [0.25, 0.3) is 0 Å². The highest BCUT2D eigenvalue weighted by atomic mass is 19.1. The van der Waals surface area contributed by atoms with Crippen molar-refractivity contribution in [1.29, 1.82) is 0 Å². The predicted octanol–water partition coefficient (Wildman–Crippen LogP) is 3.99. The van der Waals surface area contributed by atoms with Gasteiger partial charge in [0.1, 0.15) is 11.6 Å². The Hall–Kier alpha value is -3.15. The molecule has 1 aromatic heterocycles. The predicted molar refractivity (Wildman–Crippen MR) is 116 cm³/mol. The van der Waals surface area contributed by atoms with Gasteiger partial charge < -0.3 is 15.1 Å². The van der Waals surface area contributed by atoms with Gasteiger partial charge in [0.2, 0.25) is 5.95 Å². The maximum absolute atomic E-state index is 14.0. The van der Waals surface area contributed by atoms with Crippen LogP contribution in [0.15, 0.2) is 66.9 Å². The molecular weight excluding hydrogens is 365 g/mol. The number of anilines is 3. The molecule has 1 fully saturated rings. The molecule has 0 spiro atoms. The van der Waals surface area contributed by atoms with Crippen molar-refractivity contribution >= 4 is 17.5 Å². The van der Waals surface area contributed by atoms with Crippen LogP contribution in [0.3, 0.4) is 0 Å². The van der Waals surface area contributed by atoms with Crippen LogP contribution in [-0.2, 0) is 6.42 Å². The first-order valence-electron chi connectivity index (χ1n) is 10.1. The fourth-order valence-electron chi connectivity index (χ4n) is 3.61. The second kappa shape index (κ2) is 9.37. The van der Waals surface area contributed by atoms with Gasteiger partial charge in [-0.2, -0.15) is 4.98 Å². The molecule has 0 saturated carbocycles. The van der Waals surface area contributed by atoms with Gasteiger partial charge in [0.05, 0.1) is 5.69 Å². The Bertz CT molecular complexity index is 910. The summed E-state index contributed by atoms with van der Waals surface area (Å²) in [6.45, 7) is 3.90. The van der Waals surface area contributed by atoms with Crippen molar-refractivity contribution < 1.29 is 4.39 Å². The van der Waals surface area contributed by atoms with Crippen molar-refractivity contribution in [3.63, 3.8) is 0 Å². The SMILES string of the molecule is Fc1ccccc1N1CCN(c2nccc(NCCCc3ccccc3)n2)CC1. The third kappa shape index (κ3) is 5.02. The second-order valence-electron chi connectivity index (χ2n) is 7.18. The lowest BCUT2D eigenvalue weighted by Crippen LogP contribution is -2.47. The summed E-state index contributed by atoms with van der Waals surface area (Å²) in [6, 6.07) is 19.4. The molecule has 2 aromatic carbocycles. The van der Waals surface area contributed by atoms with Crippen molar-refractivity contribution in [2.24, 2.45) is 0 Å². The number of rotatable bonds is 7. The molecular formula is C23H26FN5. The minimum Gasteiger partial charge on any atom is -0.370 e. The zero-order chi connectivity index (χ0) is 19.9. The van der Waals surface area contributed by atoms with Gasteiger partial charge in [-0.15, -0.1) is 0 Å². The van der Waals surface area contributed by atoms with E-state index in [-0.39, 0.29) is 5.82 Å². The number of aromatic nitrogens is 2. The Balaban J connectivity index is 1.28. The van der Waals surface area contributed by atoms with Crippen molar-refractivity contribution in [1.82, 2.24) is 9.97 Å². The highest BCUT2D eigenvalue weighted by molar-refractivity contribution is 5.50. The Kier molecular flexibility index (Phi) is 6.19. The molecule has 4 rings (SSSR count). The molecule has 3 aromatic rings. The molecule has 0 aliphatic carbocycles. The molecule has 150 valence electrons. The van der Waals surface area contributed by atoms with Gasteiger partial charge in [0.15, 0.2) is 0 Å². The van der Waals surface area contributed by atoms with E-state index < -0.39 is 0 Å². The first-order chi connectivity index (χ1) is 14.3. The largest absolute Gasteiger partial charge is 0.370 e. The van der Waals surface area contributed by atoms with E-state index >= 15 is 0 Å². The number of piperazine rings is 1. The number of hydrogen-bond donors (Lipinski definition) is 1. The number of nitrogens with zero attached hydrogens (tertiary/aromatic N) is 4. The van der Waals surface area contributed by atoms with Crippen LogP contribution in [0.4, 0.5) is 21.8 Å². The van der Waals surface area contributed by atoms with E-state index in [2.05, 4.69) is 49.4 Å². The van der Waals surface area contributed by atoms with E-state index in [1.165, 1.54) is 11.6 Å². The number of benzene rings is 2. The molecule has 0 atom stereocenters. The van der Waals surface area contributed by atoms with Gasteiger partial charge in [-0.3, -0.25) is 0 Å². The van der Waals surface area contributed by atoms with Gasteiger partial charge in [-0.05, 0) is 36.6 Å². The Morgan fingerprint density at radius 3 is 2.38 bits per heavy atom. The summed E-state index contributed by atoms with van der Waals surface area (Å²) in [6.07, 6.45) is 3.89. The molecule has 1 aliphatic rings. The first kappa shape index (κ1) is 19.2. The summed E-state index contributed by atoms with van der Waals surface area (Å²) in [5, 5.41) is 3.40. The van der Waals surface area contributed by atoms with E-state index in [4.69, 9.17) is 0 Å². The summed E-state index contributed by atoms with van der Waals surface area (Å²) in [5.74, 6) is 1.41. The van der Waals surface area contributed by atoms with E-state index in [0.717, 1.165) is 57.3 Å². The molecule has 0 amide bonds. The van der Waals surface area contributed by atoms with E-state index in [0.29, 0.717) is 5.69 Å². The van der Waals surface area contributed by atoms with Crippen LogP contribution < -0.4 is 15.1 Å². The molecule has 1 aliphatic heterocycles. The van der Waals surface area contributed by atoms with E-state index in [1.807, 2.05) is 24.3 Å². The lowest BCUT2D eigenvalue weighted by Gasteiger charge is -2.36. The lowest BCUT2D eigenvalue weighted by atomic mass is 10.1. The van der Waals surface area contributed by atoms with Crippen LogP contribution >= 0.6 is 0 Å². The average Bonchev–Trinajstić information content (AvgIpc) is 2.78. The maximum Gasteiger partial charge on any atom is 0.227 e. The number of para-hydroxylation sites is 1. The van der Waals surface area contributed by atoms with Crippen molar-refractivity contribution in [2.45, 2.75) is 12.8 Å². The molecule has 0 bridgehead atoms. The highest BCUT2D eigenvalue weighted by Gasteiger charge is 2.21. The quantitative estimate of drug-likeness (QED) is 0.617. The topological polar surface area (TPSA) is 44.3 Å². The number of aryl methyl sites for hydroxylation is 1. The van der Waals surface area contributed by atoms with Crippen molar-refractivity contribution in [3.05, 3.63) is 78.2 Å². The minimum absolute atomic E-state index is 0.168. The zero-order valence-corrected chi connectivity index (χ0v) is 16.5. The van der Waals surface area contributed by atoms with E-state index in [9.17, 15) is 4.39 Å². The summed E-state index contributed by atoms with van der Waals surface area (Å²) in [4.78, 5) is 13.3. The third-order valence-corrected chi connectivity index (χ3v) is 5.19. The van der Waals surface area contributed by atoms with Gasteiger partial charge in [-0.25, -0.2) is 9.37 Å². The van der Waals surface area contributed by atoms with Crippen LogP contribution in [0, 0.1) is 5.82 Å². The number of halogens is 1. The number of nitrogens with one attached hydrogen (secondary N) is 1. The molecule has 1 N–H and O–H groups in total. The molecule has 29 heavy (non-hydrogen) atoms. The molecule has 2 heterocycles. The van der Waals surface area contributed by atoms with E-state index in [1.54, 1.807) is 12.3 Å². The molecule has 0 unspecified atom stereocenters. The third-order valence-electron chi connectivity index (χ3n) is 5.19. The Morgan fingerprint density at radius 1 is 0.862 bits per heavy atom.